The molecule has 0 saturated carbocycles. The molecular weight excluding hydrogens is 270 g/mol. The van der Waals surface area contributed by atoms with Gasteiger partial charge >= 0.3 is 0 Å². The highest BCUT2D eigenvalue weighted by Crippen LogP contribution is 2.13. The fraction of sp³-hybridized carbons (Fsp3) is 0.300. The SMILES string of the molecule is CCc1nc(NC)cc(-n2cc(Br)cn2)n1. The second-order valence-electron chi connectivity index (χ2n) is 3.23. The molecule has 2 heterocycles. The Bertz CT molecular complexity index is 471. The fourth-order valence-electron chi connectivity index (χ4n) is 1.31. The van der Waals surface area contributed by atoms with Gasteiger partial charge in [-0.05, 0) is 15.9 Å². The Hall–Kier alpha value is -1.43. The lowest BCUT2D eigenvalue weighted by Crippen LogP contribution is -2.05. The van der Waals surface area contributed by atoms with E-state index in [-0.39, 0.29) is 0 Å². The fourth-order valence-corrected chi connectivity index (χ4v) is 1.60. The van der Waals surface area contributed by atoms with Crippen LogP contribution in [0.5, 0.6) is 0 Å². The first-order valence-corrected chi connectivity index (χ1v) is 5.78. The number of nitrogens with zero attached hydrogens (tertiary/aromatic N) is 4. The highest BCUT2D eigenvalue weighted by atomic mass is 79.9. The zero-order valence-corrected chi connectivity index (χ0v) is 10.7. The molecular formula is C10H12BrN5. The summed E-state index contributed by atoms with van der Waals surface area (Å²) in [6, 6.07) is 1.86. The van der Waals surface area contributed by atoms with E-state index in [2.05, 4.69) is 36.3 Å². The van der Waals surface area contributed by atoms with Crippen LogP contribution in [0, 0.1) is 0 Å². The normalized spacial score (nSPS) is 10.4. The molecule has 0 spiro atoms. The Morgan fingerprint density at radius 3 is 2.81 bits per heavy atom. The molecule has 0 unspecified atom stereocenters. The van der Waals surface area contributed by atoms with Gasteiger partial charge in [0.15, 0.2) is 5.82 Å². The first-order valence-electron chi connectivity index (χ1n) is 4.99. The van der Waals surface area contributed by atoms with Crippen molar-refractivity contribution in [2.24, 2.45) is 0 Å². The van der Waals surface area contributed by atoms with Crippen molar-refractivity contribution >= 4 is 21.7 Å². The van der Waals surface area contributed by atoms with Crippen molar-refractivity contribution in [3.8, 4) is 5.82 Å². The Morgan fingerprint density at radius 1 is 1.44 bits per heavy atom. The summed E-state index contributed by atoms with van der Waals surface area (Å²) in [5, 5.41) is 7.20. The highest BCUT2D eigenvalue weighted by molar-refractivity contribution is 9.10. The van der Waals surface area contributed by atoms with Crippen molar-refractivity contribution in [3.63, 3.8) is 0 Å². The van der Waals surface area contributed by atoms with Gasteiger partial charge in [-0.25, -0.2) is 14.6 Å². The third-order valence-electron chi connectivity index (χ3n) is 2.12. The van der Waals surface area contributed by atoms with Crippen molar-refractivity contribution in [1.82, 2.24) is 19.7 Å². The lowest BCUT2D eigenvalue weighted by molar-refractivity contribution is 0.814. The highest BCUT2D eigenvalue weighted by Gasteiger charge is 2.05. The maximum absolute atomic E-state index is 4.41. The summed E-state index contributed by atoms with van der Waals surface area (Å²) >= 11 is 3.36. The van der Waals surface area contributed by atoms with Crippen LogP contribution in [0.1, 0.15) is 12.7 Å². The quantitative estimate of drug-likeness (QED) is 0.935. The monoisotopic (exact) mass is 281 g/mol. The summed E-state index contributed by atoms with van der Waals surface area (Å²) in [6.45, 7) is 2.03. The predicted molar refractivity (Wildman–Crippen MR) is 65.8 cm³/mol. The van der Waals surface area contributed by atoms with Crippen LogP contribution in [0.25, 0.3) is 5.82 Å². The van der Waals surface area contributed by atoms with E-state index in [1.807, 2.05) is 26.2 Å². The van der Waals surface area contributed by atoms with E-state index >= 15 is 0 Å². The molecule has 5 nitrogen and oxygen atoms in total. The molecule has 2 aromatic rings. The van der Waals surface area contributed by atoms with Crippen molar-refractivity contribution in [2.75, 3.05) is 12.4 Å². The predicted octanol–water partition coefficient (Wildman–Crippen LogP) is 2.03. The van der Waals surface area contributed by atoms with Crippen LogP contribution >= 0.6 is 15.9 Å². The lowest BCUT2D eigenvalue weighted by atomic mass is 10.4. The molecule has 2 rings (SSSR count). The van der Waals surface area contributed by atoms with Gasteiger partial charge in [0.1, 0.15) is 11.6 Å². The van der Waals surface area contributed by atoms with Gasteiger partial charge in [0.2, 0.25) is 0 Å². The minimum absolute atomic E-state index is 0.766. The number of halogens is 1. The van der Waals surface area contributed by atoms with Crippen molar-refractivity contribution in [3.05, 3.63) is 28.8 Å². The Kier molecular flexibility index (Phi) is 3.19. The summed E-state index contributed by atoms with van der Waals surface area (Å²) in [5.74, 6) is 2.36. The van der Waals surface area contributed by atoms with Gasteiger partial charge in [-0.1, -0.05) is 6.92 Å². The number of hydrogen-bond acceptors (Lipinski definition) is 4. The average molecular weight is 282 g/mol. The van der Waals surface area contributed by atoms with Crippen molar-refractivity contribution < 1.29 is 0 Å². The average Bonchev–Trinajstić information content (AvgIpc) is 2.75. The van der Waals surface area contributed by atoms with Crippen LogP contribution in [-0.4, -0.2) is 26.8 Å². The first-order chi connectivity index (χ1) is 7.72. The van der Waals surface area contributed by atoms with Crippen LogP contribution < -0.4 is 5.32 Å². The number of anilines is 1. The first kappa shape index (κ1) is 11.1. The van der Waals surface area contributed by atoms with Gasteiger partial charge in [0, 0.05) is 25.7 Å². The molecule has 0 atom stereocenters. The summed E-state index contributed by atoms with van der Waals surface area (Å²) in [7, 11) is 1.84. The van der Waals surface area contributed by atoms with E-state index in [0.29, 0.717) is 0 Å². The van der Waals surface area contributed by atoms with E-state index in [9.17, 15) is 0 Å². The second-order valence-corrected chi connectivity index (χ2v) is 4.15. The third kappa shape index (κ3) is 2.21. The summed E-state index contributed by atoms with van der Waals surface area (Å²) < 4.78 is 2.64. The van der Waals surface area contributed by atoms with Crippen LogP contribution in [-0.2, 0) is 6.42 Å². The van der Waals surface area contributed by atoms with Crippen LogP contribution in [0.15, 0.2) is 22.9 Å². The van der Waals surface area contributed by atoms with E-state index in [1.165, 1.54) is 0 Å². The van der Waals surface area contributed by atoms with Crippen LogP contribution in [0.2, 0.25) is 0 Å². The van der Waals surface area contributed by atoms with Crippen molar-refractivity contribution in [1.29, 1.82) is 0 Å². The largest absolute Gasteiger partial charge is 0.373 e. The molecule has 16 heavy (non-hydrogen) atoms. The number of nitrogens with one attached hydrogen (secondary N) is 1. The molecule has 0 fully saturated rings. The minimum Gasteiger partial charge on any atom is -0.373 e. The topological polar surface area (TPSA) is 55.6 Å². The molecule has 0 aromatic carbocycles. The zero-order chi connectivity index (χ0) is 11.5. The molecule has 1 N–H and O–H groups in total. The maximum Gasteiger partial charge on any atom is 0.159 e. The number of rotatable bonds is 3. The van der Waals surface area contributed by atoms with Gasteiger partial charge < -0.3 is 5.32 Å². The standard InChI is InChI=1S/C10H12BrN5/c1-3-8-14-9(12-2)4-10(15-8)16-6-7(11)5-13-16/h4-6H,3H2,1-2H3,(H,12,14,15). The number of hydrogen-bond donors (Lipinski definition) is 1. The van der Waals surface area contributed by atoms with E-state index in [1.54, 1.807) is 10.9 Å². The third-order valence-corrected chi connectivity index (χ3v) is 2.53. The molecule has 0 aliphatic heterocycles. The summed E-state index contributed by atoms with van der Waals surface area (Å²) in [4.78, 5) is 8.74. The molecule has 6 heteroatoms. The van der Waals surface area contributed by atoms with Gasteiger partial charge in [-0.3, -0.25) is 0 Å². The summed E-state index contributed by atoms with van der Waals surface area (Å²) in [5.41, 5.74) is 0. The van der Waals surface area contributed by atoms with Crippen LogP contribution in [0.4, 0.5) is 5.82 Å². The van der Waals surface area contributed by atoms with E-state index in [0.717, 1.165) is 28.4 Å². The van der Waals surface area contributed by atoms with Gasteiger partial charge in [0.05, 0.1) is 10.7 Å². The maximum atomic E-state index is 4.41. The molecule has 0 aliphatic rings. The Labute approximate surface area is 102 Å². The zero-order valence-electron chi connectivity index (χ0n) is 9.11. The molecule has 0 saturated heterocycles. The summed E-state index contributed by atoms with van der Waals surface area (Å²) in [6.07, 6.45) is 4.39. The van der Waals surface area contributed by atoms with Gasteiger partial charge in [0.25, 0.3) is 0 Å². The number of aromatic nitrogens is 4. The molecule has 0 aliphatic carbocycles. The molecule has 0 amide bonds. The number of aryl methyl sites for hydroxylation is 1. The molecule has 0 bridgehead atoms. The van der Waals surface area contributed by atoms with Crippen LogP contribution in [0.3, 0.4) is 0 Å². The second kappa shape index (κ2) is 4.61. The van der Waals surface area contributed by atoms with E-state index in [4.69, 9.17) is 0 Å². The molecule has 84 valence electrons. The van der Waals surface area contributed by atoms with Gasteiger partial charge in [-0.2, -0.15) is 5.10 Å². The Morgan fingerprint density at radius 2 is 2.25 bits per heavy atom. The van der Waals surface area contributed by atoms with Gasteiger partial charge in [-0.15, -0.1) is 0 Å². The minimum atomic E-state index is 0.766. The van der Waals surface area contributed by atoms with Crippen molar-refractivity contribution in [2.45, 2.75) is 13.3 Å². The van der Waals surface area contributed by atoms with E-state index < -0.39 is 0 Å². The lowest BCUT2D eigenvalue weighted by Gasteiger charge is -2.06. The molecule has 0 radical (unpaired) electrons. The Balaban J connectivity index is 2.47. The smallest absolute Gasteiger partial charge is 0.159 e. The molecule has 2 aromatic heterocycles.